The number of hydrogen-bond acceptors (Lipinski definition) is 4. The maximum atomic E-state index is 4.73. The molecule has 4 heteroatoms. The van der Waals surface area contributed by atoms with Gasteiger partial charge in [0.1, 0.15) is 6.17 Å². The lowest BCUT2D eigenvalue weighted by Crippen LogP contribution is -2.50. The first-order valence-corrected chi connectivity index (χ1v) is 9.96. The van der Waals surface area contributed by atoms with Gasteiger partial charge in [0.05, 0.1) is 0 Å². The van der Waals surface area contributed by atoms with Crippen molar-refractivity contribution in [2.45, 2.75) is 38.3 Å². The van der Waals surface area contributed by atoms with E-state index < -0.39 is 0 Å². The van der Waals surface area contributed by atoms with Crippen LogP contribution in [0.5, 0.6) is 0 Å². The Balaban J connectivity index is 1.82. The van der Waals surface area contributed by atoms with E-state index in [1.165, 1.54) is 16.8 Å². The summed E-state index contributed by atoms with van der Waals surface area (Å²) in [6.45, 7) is 9.21. The average Bonchev–Trinajstić information content (AvgIpc) is 3.11. The summed E-state index contributed by atoms with van der Waals surface area (Å²) in [5.74, 6) is 1.78. The van der Waals surface area contributed by atoms with Gasteiger partial charge in [-0.2, -0.15) is 0 Å². The first kappa shape index (κ1) is 17.0. The van der Waals surface area contributed by atoms with E-state index in [1.807, 2.05) is 6.07 Å². The Labute approximate surface area is 166 Å². The fourth-order valence-electron chi connectivity index (χ4n) is 5.01. The van der Waals surface area contributed by atoms with E-state index in [2.05, 4.69) is 78.8 Å². The summed E-state index contributed by atoms with van der Waals surface area (Å²) in [5.41, 5.74) is 4.81. The Hall–Kier alpha value is -3.14. The largest absolute Gasteiger partial charge is 0.298 e. The van der Waals surface area contributed by atoms with Crippen molar-refractivity contribution >= 4 is 23.0 Å². The van der Waals surface area contributed by atoms with Crippen LogP contribution in [0.1, 0.15) is 32.3 Å². The summed E-state index contributed by atoms with van der Waals surface area (Å²) in [4.78, 5) is 14.1. The lowest BCUT2D eigenvalue weighted by atomic mass is 9.66. The molecule has 0 saturated carbocycles. The van der Waals surface area contributed by atoms with Gasteiger partial charge in [0.15, 0.2) is 11.6 Å². The molecule has 1 aromatic heterocycles. The molecule has 28 heavy (non-hydrogen) atoms. The molecule has 0 radical (unpaired) electrons. The van der Waals surface area contributed by atoms with Crippen molar-refractivity contribution in [1.29, 1.82) is 0 Å². The second-order valence-corrected chi connectivity index (χ2v) is 7.48. The number of fused-ring (bicyclic) bond motifs is 5. The Bertz CT molecular complexity index is 1040. The van der Waals surface area contributed by atoms with E-state index in [1.54, 1.807) is 12.4 Å². The lowest BCUT2D eigenvalue weighted by Gasteiger charge is -2.49. The Morgan fingerprint density at radius 2 is 1.46 bits per heavy atom. The van der Waals surface area contributed by atoms with Gasteiger partial charge in [-0.25, -0.2) is 9.97 Å². The molecule has 1 atom stereocenters. The van der Waals surface area contributed by atoms with Crippen LogP contribution in [-0.4, -0.2) is 16.1 Å². The molecule has 0 saturated heterocycles. The second-order valence-electron chi connectivity index (χ2n) is 7.48. The third kappa shape index (κ3) is 2.06. The summed E-state index contributed by atoms with van der Waals surface area (Å²) in [5, 5.41) is 0. The van der Waals surface area contributed by atoms with Gasteiger partial charge in [-0.1, -0.05) is 56.8 Å². The number of nitrogens with zero attached hydrogens (tertiary/aromatic N) is 4. The minimum absolute atomic E-state index is 0.0328. The van der Waals surface area contributed by atoms with E-state index >= 15 is 0 Å². The molecule has 3 heterocycles. The van der Waals surface area contributed by atoms with Crippen molar-refractivity contribution in [2.75, 3.05) is 9.80 Å². The van der Waals surface area contributed by atoms with Gasteiger partial charge < -0.3 is 0 Å². The molecule has 0 aliphatic carbocycles. The first-order chi connectivity index (χ1) is 13.7. The van der Waals surface area contributed by atoms with Crippen LogP contribution in [-0.2, 0) is 5.41 Å². The van der Waals surface area contributed by atoms with Gasteiger partial charge in [0, 0.05) is 29.2 Å². The van der Waals surface area contributed by atoms with Crippen LogP contribution in [0.3, 0.4) is 0 Å². The topological polar surface area (TPSA) is 32.3 Å². The monoisotopic (exact) mass is 368 g/mol. The van der Waals surface area contributed by atoms with Gasteiger partial charge in [-0.15, -0.1) is 0 Å². The van der Waals surface area contributed by atoms with Gasteiger partial charge in [0.2, 0.25) is 0 Å². The van der Waals surface area contributed by atoms with Crippen LogP contribution in [0.2, 0.25) is 0 Å². The molecule has 0 N–H and O–H groups in total. The molecule has 2 aliphatic heterocycles. The van der Waals surface area contributed by atoms with Crippen LogP contribution < -0.4 is 9.80 Å². The molecule has 5 rings (SSSR count). The molecule has 2 aliphatic rings. The van der Waals surface area contributed by atoms with Crippen molar-refractivity contribution in [1.82, 2.24) is 9.97 Å². The van der Waals surface area contributed by atoms with Gasteiger partial charge >= 0.3 is 0 Å². The zero-order chi connectivity index (χ0) is 19.3. The standard InChI is InChI=1S/C24H24N4/c1-4-24(5-2)17(3)23-27(18-11-7-6-8-12-18)21-22(26-16-15-25-21)28(23)20-14-10-9-13-19(20)24/h6-16,23H,3-5H2,1-2H3. The Morgan fingerprint density at radius 1 is 0.857 bits per heavy atom. The van der Waals surface area contributed by atoms with Crippen molar-refractivity contribution in [2.24, 2.45) is 0 Å². The zero-order valence-electron chi connectivity index (χ0n) is 16.3. The van der Waals surface area contributed by atoms with Crippen LogP contribution in [0.25, 0.3) is 0 Å². The molecule has 2 aromatic carbocycles. The highest BCUT2D eigenvalue weighted by Gasteiger charge is 2.52. The van der Waals surface area contributed by atoms with Crippen LogP contribution in [0.4, 0.5) is 23.0 Å². The summed E-state index contributed by atoms with van der Waals surface area (Å²) < 4.78 is 0. The number of benzene rings is 2. The number of rotatable bonds is 3. The molecule has 3 aromatic rings. The van der Waals surface area contributed by atoms with Crippen LogP contribution in [0, 0.1) is 0 Å². The minimum atomic E-state index is -0.0627. The zero-order valence-corrected chi connectivity index (χ0v) is 16.3. The molecule has 0 fully saturated rings. The van der Waals surface area contributed by atoms with Crippen molar-refractivity contribution in [3.8, 4) is 0 Å². The number of anilines is 4. The predicted molar refractivity (Wildman–Crippen MR) is 114 cm³/mol. The Morgan fingerprint density at radius 3 is 2.14 bits per heavy atom. The molecule has 0 spiro atoms. The molecule has 4 nitrogen and oxygen atoms in total. The number of hydrogen-bond donors (Lipinski definition) is 0. The van der Waals surface area contributed by atoms with E-state index in [9.17, 15) is 0 Å². The summed E-state index contributed by atoms with van der Waals surface area (Å²) in [6.07, 6.45) is 5.55. The maximum Gasteiger partial charge on any atom is 0.178 e. The van der Waals surface area contributed by atoms with Crippen molar-refractivity contribution in [3.63, 3.8) is 0 Å². The van der Waals surface area contributed by atoms with Crippen LogP contribution >= 0.6 is 0 Å². The van der Waals surface area contributed by atoms with Gasteiger partial charge in [0.25, 0.3) is 0 Å². The van der Waals surface area contributed by atoms with Gasteiger partial charge in [-0.05, 0) is 42.2 Å². The summed E-state index contributed by atoms with van der Waals surface area (Å²) in [7, 11) is 0. The van der Waals surface area contributed by atoms with Crippen LogP contribution in [0.15, 0.2) is 79.1 Å². The summed E-state index contributed by atoms with van der Waals surface area (Å²) in [6, 6.07) is 19.2. The molecule has 140 valence electrons. The molecule has 1 unspecified atom stereocenters. The fraction of sp³-hybridized carbons (Fsp3) is 0.250. The molecular weight excluding hydrogens is 344 g/mol. The van der Waals surface area contributed by atoms with Crippen molar-refractivity contribution < 1.29 is 0 Å². The number of aromatic nitrogens is 2. The quantitative estimate of drug-likeness (QED) is 0.554. The maximum absolute atomic E-state index is 4.73. The highest BCUT2D eigenvalue weighted by atomic mass is 15.5. The SMILES string of the molecule is C=C1C2N(c3ccccc3)c3nccnc3N2c2ccccc2C1(CC)CC. The predicted octanol–water partition coefficient (Wildman–Crippen LogP) is 5.72. The fourth-order valence-corrected chi connectivity index (χ4v) is 5.01. The van der Waals surface area contributed by atoms with E-state index in [0.29, 0.717) is 0 Å². The van der Waals surface area contributed by atoms with E-state index in [4.69, 9.17) is 9.97 Å². The van der Waals surface area contributed by atoms with Gasteiger partial charge in [-0.3, -0.25) is 9.80 Å². The normalized spacial score (nSPS) is 19.2. The Kier molecular flexibility index (Phi) is 3.76. The first-order valence-electron chi connectivity index (χ1n) is 9.96. The van der Waals surface area contributed by atoms with E-state index in [-0.39, 0.29) is 11.6 Å². The van der Waals surface area contributed by atoms with E-state index in [0.717, 1.165) is 30.2 Å². The molecule has 0 amide bonds. The third-order valence-corrected chi connectivity index (χ3v) is 6.45. The summed E-state index contributed by atoms with van der Waals surface area (Å²) >= 11 is 0. The second kappa shape index (κ2) is 6.20. The minimum Gasteiger partial charge on any atom is -0.298 e. The molecular formula is C24H24N4. The van der Waals surface area contributed by atoms with Crippen molar-refractivity contribution in [3.05, 3.63) is 84.7 Å². The average molecular weight is 368 g/mol. The highest BCUT2D eigenvalue weighted by molar-refractivity contribution is 5.88. The lowest BCUT2D eigenvalue weighted by molar-refractivity contribution is 0.425. The number of para-hydroxylation sites is 2. The third-order valence-electron chi connectivity index (χ3n) is 6.45. The molecule has 0 bridgehead atoms. The smallest absolute Gasteiger partial charge is 0.178 e. The highest BCUT2D eigenvalue weighted by Crippen LogP contribution is 2.57.